The zero-order chi connectivity index (χ0) is 14.5. The summed E-state index contributed by atoms with van der Waals surface area (Å²) in [5.41, 5.74) is 7.41. The highest BCUT2D eigenvalue weighted by Crippen LogP contribution is 2.26. The summed E-state index contributed by atoms with van der Waals surface area (Å²) in [7, 11) is 0. The Kier molecular flexibility index (Phi) is 5.01. The van der Waals surface area contributed by atoms with Crippen molar-refractivity contribution in [2.24, 2.45) is 11.7 Å². The number of hydrogen-bond donors (Lipinski definition) is 2. The van der Waals surface area contributed by atoms with Crippen LogP contribution >= 0.6 is 0 Å². The van der Waals surface area contributed by atoms with E-state index >= 15 is 0 Å². The molecule has 4 nitrogen and oxygen atoms in total. The van der Waals surface area contributed by atoms with E-state index < -0.39 is 0 Å². The number of anilines is 1. The molecular weight excluding hydrogens is 252 g/mol. The lowest BCUT2D eigenvalue weighted by molar-refractivity contribution is -0.119. The van der Waals surface area contributed by atoms with E-state index in [9.17, 15) is 9.90 Å². The number of aliphatic hydroxyl groups excluding tert-OH is 1. The van der Waals surface area contributed by atoms with Crippen LogP contribution in [-0.4, -0.2) is 24.1 Å². The maximum atomic E-state index is 10.9. The normalized spacial score (nSPS) is 18.0. The molecule has 1 aromatic carbocycles. The minimum absolute atomic E-state index is 0.193. The standard InChI is InChI=1S/C16H24N2O2/c1-2-15(19)13-3-5-14(6-4-13)18-9-7-12(8-10-18)11-16(17)20/h3-6,12,15,19H,2,7-11H2,1H3,(H2,17,20). The number of aliphatic hydroxyl groups is 1. The van der Waals surface area contributed by atoms with E-state index in [2.05, 4.69) is 17.0 Å². The van der Waals surface area contributed by atoms with Crippen LogP contribution in [0.2, 0.25) is 0 Å². The van der Waals surface area contributed by atoms with Crippen LogP contribution in [0.5, 0.6) is 0 Å². The molecule has 1 unspecified atom stereocenters. The number of hydrogen-bond acceptors (Lipinski definition) is 3. The van der Waals surface area contributed by atoms with E-state index in [1.165, 1.54) is 5.69 Å². The van der Waals surface area contributed by atoms with Crippen LogP contribution in [-0.2, 0) is 4.79 Å². The molecule has 1 aliphatic heterocycles. The van der Waals surface area contributed by atoms with E-state index in [1.54, 1.807) is 0 Å². The lowest BCUT2D eigenvalue weighted by atomic mass is 9.93. The van der Waals surface area contributed by atoms with Gasteiger partial charge in [0.15, 0.2) is 0 Å². The molecule has 1 fully saturated rings. The number of nitrogens with two attached hydrogens (primary N) is 1. The molecule has 3 N–H and O–H groups in total. The Morgan fingerprint density at radius 1 is 1.35 bits per heavy atom. The lowest BCUT2D eigenvalue weighted by Gasteiger charge is -2.33. The van der Waals surface area contributed by atoms with E-state index in [0.29, 0.717) is 12.3 Å². The summed E-state index contributed by atoms with van der Waals surface area (Å²) in [5, 5.41) is 9.79. The monoisotopic (exact) mass is 276 g/mol. The Morgan fingerprint density at radius 3 is 2.45 bits per heavy atom. The van der Waals surface area contributed by atoms with E-state index in [1.807, 2.05) is 19.1 Å². The number of piperidine rings is 1. The summed E-state index contributed by atoms with van der Waals surface area (Å²) in [5.74, 6) is 0.242. The molecule has 0 bridgehead atoms. The molecule has 0 saturated carbocycles. The number of rotatable bonds is 5. The van der Waals surface area contributed by atoms with Gasteiger partial charge in [-0.2, -0.15) is 0 Å². The van der Waals surface area contributed by atoms with Gasteiger partial charge in [0.1, 0.15) is 0 Å². The van der Waals surface area contributed by atoms with E-state index in [-0.39, 0.29) is 12.0 Å². The van der Waals surface area contributed by atoms with Crippen molar-refractivity contribution in [1.82, 2.24) is 0 Å². The molecule has 1 saturated heterocycles. The Balaban J connectivity index is 1.92. The van der Waals surface area contributed by atoms with Crippen molar-refractivity contribution in [2.75, 3.05) is 18.0 Å². The van der Waals surface area contributed by atoms with E-state index in [0.717, 1.165) is 37.9 Å². The van der Waals surface area contributed by atoms with Gasteiger partial charge in [0.25, 0.3) is 0 Å². The Labute approximate surface area is 120 Å². The van der Waals surface area contributed by atoms with Crippen molar-refractivity contribution in [3.8, 4) is 0 Å². The summed E-state index contributed by atoms with van der Waals surface area (Å²) in [6, 6.07) is 8.14. The van der Waals surface area contributed by atoms with E-state index in [4.69, 9.17) is 5.73 Å². The smallest absolute Gasteiger partial charge is 0.217 e. The third-order valence-corrected chi connectivity index (χ3v) is 4.13. The summed E-state index contributed by atoms with van der Waals surface area (Å²) in [6.07, 6.45) is 2.91. The second-order valence-corrected chi connectivity index (χ2v) is 5.62. The van der Waals surface area contributed by atoms with Gasteiger partial charge < -0.3 is 15.7 Å². The van der Waals surface area contributed by atoms with Gasteiger partial charge in [-0.05, 0) is 42.9 Å². The first-order valence-electron chi connectivity index (χ1n) is 7.41. The Bertz CT molecular complexity index is 436. The molecule has 0 radical (unpaired) electrons. The summed E-state index contributed by atoms with van der Waals surface area (Å²) in [6.45, 7) is 3.91. The second-order valence-electron chi connectivity index (χ2n) is 5.62. The van der Waals surface area contributed by atoms with Gasteiger partial charge in [-0.15, -0.1) is 0 Å². The number of carbonyl (C=O) groups excluding carboxylic acids is 1. The first kappa shape index (κ1) is 14.9. The average Bonchev–Trinajstić information content (AvgIpc) is 2.47. The molecule has 0 spiro atoms. The number of amides is 1. The molecular formula is C16H24N2O2. The van der Waals surface area contributed by atoms with Crippen molar-refractivity contribution in [1.29, 1.82) is 0 Å². The molecule has 1 aliphatic rings. The van der Waals surface area contributed by atoms with Crippen LogP contribution < -0.4 is 10.6 Å². The Morgan fingerprint density at radius 2 is 1.95 bits per heavy atom. The SMILES string of the molecule is CCC(O)c1ccc(N2CCC(CC(N)=O)CC2)cc1. The number of carbonyl (C=O) groups is 1. The maximum Gasteiger partial charge on any atom is 0.217 e. The Hall–Kier alpha value is -1.55. The fraction of sp³-hybridized carbons (Fsp3) is 0.562. The molecule has 0 aliphatic carbocycles. The van der Waals surface area contributed by atoms with Crippen LogP contribution in [0.1, 0.15) is 44.3 Å². The highest BCUT2D eigenvalue weighted by molar-refractivity contribution is 5.74. The summed E-state index contributed by atoms with van der Waals surface area (Å²) in [4.78, 5) is 13.3. The summed E-state index contributed by atoms with van der Waals surface area (Å²) < 4.78 is 0. The highest BCUT2D eigenvalue weighted by atomic mass is 16.3. The number of nitrogens with zero attached hydrogens (tertiary/aromatic N) is 1. The lowest BCUT2D eigenvalue weighted by Crippen LogP contribution is -2.35. The fourth-order valence-electron chi connectivity index (χ4n) is 2.82. The third kappa shape index (κ3) is 3.73. The van der Waals surface area contributed by atoms with Gasteiger partial charge in [-0.25, -0.2) is 0 Å². The molecule has 110 valence electrons. The quantitative estimate of drug-likeness (QED) is 0.866. The van der Waals surface area contributed by atoms with Gasteiger partial charge in [0, 0.05) is 25.2 Å². The van der Waals surface area contributed by atoms with Crippen LogP contribution in [0.25, 0.3) is 0 Å². The second kappa shape index (κ2) is 6.75. The molecule has 1 aromatic rings. The van der Waals surface area contributed by atoms with Crippen molar-refractivity contribution in [2.45, 2.75) is 38.7 Å². The zero-order valence-corrected chi connectivity index (χ0v) is 12.1. The minimum Gasteiger partial charge on any atom is -0.388 e. The minimum atomic E-state index is -0.370. The third-order valence-electron chi connectivity index (χ3n) is 4.13. The molecule has 20 heavy (non-hydrogen) atoms. The predicted molar refractivity (Wildman–Crippen MR) is 80.4 cm³/mol. The summed E-state index contributed by atoms with van der Waals surface area (Å²) >= 11 is 0. The largest absolute Gasteiger partial charge is 0.388 e. The van der Waals surface area contributed by atoms with Gasteiger partial charge in [0.2, 0.25) is 5.91 Å². The van der Waals surface area contributed by atoms with Gasteiger partial charge in [0.05, 0.1) is 6.10 Å². The number of benzene rings is 1. The highest BCUT2D eigenvalue weighted by Gasteiger charge is 2.20. The average molecular weight is 276 g/mol. The van der Waals surface area contributed by atoms with Crippen molar-refractivity contribution >= 4 is 11.6 Å². The van der Waals surface area contributed by atoms with Crippen molar-refractivity contribution in [3.63, 3.8) is 0 Å². The van der Waals surface area contributed by atoms with Crippen LogP contribution in [0.15, 0.2) is 24.3 Å². The van der Waals surface area contributed by atoms with Crippen LogP contribution in [0.3, 0.4) is 0 Å². The topological polar surface area (TPSA) is 66.6 Å². The van der Waals surface area contributed by atoms with Gasteiger partial charge in [-0.1, -0.05) is 19.1 Å². The fourth-order valence-corrected chi connectivity index (χ4v) is 2.82. The number of primary amides is 1. The maximum absolute atomic E-state index is 10.9. The first-order valence-corrected chi connectivity index (χ1v) is 7.41. The molecule has 0 aromatic heterocycles. The van der Waals surface area contributed by atoms with Crippen LogP contribution in [0.4, 0.5) is 5.69 Å². The first-order chi connectivity index (χ1) is 9.60. The van der Waals surface area contributed by atoms with Gasteiger partial charge >= 0.3 is 0 Å². The molecule has 2 rings (SSSR count). The molecule has 1 amide bonds. The molecule has 4 heteroatoms. The zero-order valence-electron chi connectivity index (χ0n) is 12.1. The molecule has 1 atom stereocenters. The van der Waals surface area contributed by atoms with Gasteiger partial charge in [-0.3, -0.25) is 4.79 Å². The molecule has 1 heterocycles. The predicted octanol–water partition coefficient (Wildman–Crippen LogP) is 2.22. The van der Waals surface area contributed by atoms with Crippen molar-refractivity contribution in [3.05, 3.63) is 29.8 Å². The van der Waals surface area contributed by atoms with Crippen molar-refractivity contribution < 1.29 is 9.90 Å². The van der Waals surface area contributed by atoms with Crippen LogP contribution in [0, 0.1) is 5.92 Å².